The molecular formula is C25H34N2O3. The van der Waals surface area contributed by atoms with Gasteiger partial charge in [-0.05, 0) is 47.9 Å². The van der Waals surface area contributed by atoms with Gasteiger partial charge in [0.15, 0.2) is 6.61 Å². The zero-order valence-corrected chi connectivity index (χ0v) is 18.1. The average Bonchev–Trinajstić information content (AvgIpc) is 2.78. The molecule has 1 saturated heterocycles. The van der Waals surface area contributed by atoms with E-state index in [2.05, 4.69) is 54.4 Å². The third kappa shape index (κ3) is 6.57. The van der Waals surface area contributed by atoms with E-state index in [9.17, 15) is 9.90 Å². The van der Waals surface area contributed by atoms with E-state index in [4.69, 9.17) is 4.74 Å². The number of ether oxygens (including phenoxy) is 1. The van der Waals surface area contributed by atoms with E-state index < -0.39 is 0 Å². The summed E-state index contributed by atoms with van der Waals surface area (Å²) in [5.74, 6) is 1.07. The molecule has 1 amide bonds. The van der Waals surface area contributed by atoms with Crippen molar-refractivity contribution in [2.75, 3.05) is 19.7 Å². The molecule has 30 heavy (non-hydrogen) atoms. The Morgan fingerprint density at radius 3 is 2.50 bits per heavy atom. The molecule has 2 N–H and O–H groups in total. The maximum absolute atomic E-state index is 12.2. The first-order chi connectivity index (χ1) is 14.5. The second kappa shape index (κ2) is 11.1. The maximum Gasteiger partial charge on any atom is 0.258 e. The van der Waals surface area contributed by atoms with Crippen LogP contribution in [0, 0.1) is 0 Å². The van der Waals surface area contributed by atoms with Crippen LogP contribution in [0.3, 0.4) is 0 Å². The second-order valence-corrected chi connectivity index (χ2v) is 8.24. The van der Waals surface area contributed by atoms with Crippen LogP contribution in [0.1, 0.15) is 55.7 Å². The third-order valence-electron chi connectivity index (χ3n) is 5.90. The van der Waals surface area contributed by atoms with Crippen LogP contribution >= 0.6 is 0 Å². The summed E-state index contributed by atoms with van der Waals surface area (Å²) in [7, 11) is 0. The summed E-state index contributed by atoms with van der Waals surface area (Å²) in [6, 6.07) is 16.3. The number of piperidine rings is 1. The van der Waals surface area contributed by atoms with E-state index >= 15 is 0 Å². The van der Waals surface area contributed by atoms with Crippen molar-refractivity contribution in [3.8, 4) is 5.75 Å². The number of nitrogens with one attached hydrogen (secondary N) is 1. The van der Waals surface area contributed by atoms with Gasteiger partial charge in [0.05, 0.1) is 6.10 Å². The molecule has 1 heterocycles. The molecule has 0 aromatic heterocycles. The van der Waals surface area contributed by atoms with E-state index in [0.29, 0.717) is 12.5 Å². The summed E-state index contributed by atoms with van der Waals surface area (Å²) in [4.78, 5) is 14.6. The molecule has 1 aliphatic heterocycles. The number of likely N-dealkylation sites (tertiary alicyclic amines) is 1. The standard InChI is InChI=1S/C25H34N2O3/c1-3-19(2)23-6-4-5-7-24(23)30-18-25(29)26-16-20-8-10-21(11-9-20)17-27-14-12-22(28)13-15-27/h4-11,19,22,28H,3,12-18H2,1-2H3,(H,26,29). The Labute approximate surface area is 180 Å². The lowest BCUT2D eigenvalue weighted by Gasteiger charge is -2.29. The van der Waals surface area contributed by atoms with E-state index in [1.807, 2.05) is 18.2 Å². The predicted octanol–water partition coefficient (Wildman–Crippen LogP) is 3.85. The van der Waals surface area contributed by atoms with Gasteiger partial charge in [-0.1, -0.05) is 56.3 Å². The minimum absolute atomic E-state index is 0.0202. The molecule has 0 radical (unpaired) electrons. The van der Waals surface area contributed by atoms with Gasteiger partial charge in [0.2, 0.25) is 0 Å². The highest BCUT2D eigenvalue weighted by Gasteiger charge is 2.16. The van der Waals surface area contributed by atoms with Gasteiger partial charge in [-0.3, -0.25) is 9.69 Å². The molecule has 3 rings (SSSR count). The predicted molar refractivity (Wildman–Crippen MR) is 119 cm³/mol. The fourth-order valence-electron chi connectivity index (χ4n) is 3.73. The van der Waals surface area contributed by atoms with Crippen LogP contribution in [0.5, 0.6) is 5.75 Å². The fourth-order valence-corrected chi connectivity index (χ4v) is 3.73. The summed E-state index contributed by atoms with van der Waals surface area (Å²) >= 11 is 0. The number of para-hydroxylation sites is 1. The lowest BCUT2D eigenvalue weighted by atomic mass is 9.98. The third-order valence-corrected chi connectivity index (χ3v) is 5.90. The molecule has 0 aliphatic carbocycles. The van der Waals surface area contributed by atoms with Crippen molar-refractivity contribution in [2.24, 2.45) is 0 Å². The molecule has 1 aliphatic rings. The number of aliphatic hydroxyl groups excluding tert-OH is 1. The Morgan fingerprint density at radius 2 is 1.80 bits per heavy atom. The van der Waals surface area contributed by atoms with E-state index in [1.54, 1.807) is 0 Å². The highest BCUT2D eigenvalue weighted by Crippen LogP contribution is 2.28. The lowest BCUT2D eigenvalue weighted by Crippen LogP contribution is -2.35. The number of hydrogen-bond acceptors (Lipinski definition) is 4. The number of hydrogen-bond donors (Lipinski definition) is 2. The van der Waals surface area contributed by atoms with Crippen molar-refractivity contribution >= 4 is 5.91 Å². The molecule has 1 unspecified atom stereocenters. The van der Waals surface area contributed by atoms with Crippen molar-refractivity contribution in [3.05, 3.63) is 65.2 Å². The van der Waals surface area contributed by atoms with Crippen LogP contribution < -0.4 is 10.1 Å². The summed E-state index contributed by atoms with van der Waals surface area (Å²) in [5, 5.41) is 12.6. The van der Waals surface area contributed by atoms with Gasteiger partial charge in [-0.15, -0.1) is 0 Å². The number of carbonyl (C=O) groups is 1. The van der Waals surface area contributed by atoms with Crippen LogP contribution in [0.15, 0.2) is 48.5 Å². The van der Waals surface area contributed by atoms with Crippen LogP contribution in [0.25, 0.3) is 0 Å². The van der Waals surface area contributed by atoms with Crippen molar-refractivity contribution in [1.82, 2.24) is 10.2 Å². The van der Waals surface area contributed by atoms with Gasteiger partial charge in [-0.25, -0.2) is 0 Å². The van der Waals surface area contributed by atoms with Crippen LogP contribution in [-0.4, -0.2) is 41.7 Å². The zero-order valence-electron chi connectivity index (χ0n) is 18.1. The first-order valence-corrected chi connectivity index (χ1v) is 11.0. The van der Waals surface area contributed by atoms with E-state index in [0.717, 1.165) is 55.8 Å². The largest absolute Gasteiger partial charge is 0.483 e. The molecule has 162 valence electrons. The number of benzene rings is 2. The summed E-state index contributed by atoms with van der Waals surface area (Å²) in [5.41, 5.74) is 3.47. The molecule has 1 atom stereocenters. The summed E-state index contributed by atoms with van der Waals surface area (Å²) in [6.07, 6.45) is 2.60. The topological polar surface area (TPSA) is 61.8 Å². The summed E-state index contributed by atoms with van der Waals surface area (Å²) < 4.78 is 5.79. The first kappa shape index (κ1) is 22.3. The molecule has 0 bridgehead atoms. The normalized spacial score (nSPS) is 16.2. The summed E-state index contributed by atoms with van der Waals surface area (Å²) in [6.45, 7) is 7.62. The van der Waals surface area contributed by atoms with Crippen LogP contribution in [0.4, 0.5) is 0 Å². The Kier molecular flexibility index (Phi) is 8.29. The van der Waals surface area contributed by atoms with Crippen molar-refractivity contribution in [1.29, 1.82) is 0 Å². The number of amides is 1. The number of rotatable bonds is 9. The highest BCUT2D eigenvalue weighted by molar-refractivity contribution is 5.77. The SMILES string of the molecule is CCC(C)c1ccccc1OCC(=O)NCc1ccc(CN2CCC(O)CC2)cc1. The quantitative estimate of drug-likeness (QED) is 0.659. The smallest absolute Gasteiger partial charge is 0.258 e. The Balaban J connectivity index is 1.43. The Bertz CT molecular complexity index is 798. The van der Waals surface area contributed by atoms with Gasteiger partial charge in [0, 0.05) is 26.2 Å². The number of nitrogens with zero attached hydrogens (tertiary/aromatic N) is 1. The lowest BCUT2D eigenvalue weighted by molar-refractivity contribution is -0.123. The monoisotopic (exact) mass is 410 g/mol. The van der Waals surface area contributed by atoms with Crippen LogP contribution in [0.2, 0.25) is 0 Å². The fraction of sp³-hybridized carbons (Fsp3) is 0.480. The molecule has 0 spiro atoms. The van der Waals surface area contributed by atoms with Crippen molar-refractivity contribution in [2.45, 2.75) is 58.2 Å². The van der Waals surface area contributed by atoms with Gasteiger partial charge < -0.3 is 15.2 Å². The molecular weight excluding hydrogens is 376 g/mol. The Hall–Kier alpha value is -2.37. The van der Waals surface area contributed by atoms with Gasteiger partial charge >= 0.3 is 0 Å². The molecule has 1 fully saturated rings. The first-order valence-electron chi connectivity index (χ1n) is 11.0. The van der Waals surface area contributed by atoms with Gasteiger partial charge in [0.25, 0.3) is 5.91 Å². The van der Waals surface area contributed by atoms with Gasteiger partial charge in [0.1, 0.15) is 5.75 Å². The van der Waals surface area contributed by atoms with E-state index in [-0.39, 0.29) is 18.6 Å². The van der Waals surface area contributed by atoms with Crippen molar-refractivity contribution < 1.29 is 14.6 Å². The minimum Gasteiger partial charge on any atom is -0.483 e. The average molecular weight is 411 g/mol. The number of aliphatic hydroxyl groups is 1. The molecule has 5 heteroatoms. The Morgan fingerprint density at radius 1 is 1.13 bits per heavy atom. The molecule has 2 aromatic carbocycles. The molecule has 2 aromatic rings. The number of carbonyl (C=O) groups excluding carboxylic acids is 1. The van der Waals surface area contributed by atoms with E-state index in [1.165, 1.54) is 5.56 Å². The molecule has 5 nitrogen and oxygen atoms in total. The van der Waals surface area contributed by atoms with Gasteiger partial charge in [-0.2, -0.15) is 0 Å². The molecule has 0 saturated carbocycles. The zero-order chi connectivity index (χ0) is 21.3. The maximum atomic E-state index is 12.2. The second-order valence-electron chi connectivity index (χ2n) is 8.24. The van der Waals surface area contributed by atoms with Crippen molar-refractivity contribution in [3.63, 3.8) is 0 Å². The highest BCUT2D eigenvalue weighted by atomic mass is 16.5. The van der Waals surface area contributed by atoms with Crippen LogP contribution in [-0.2, 0) is 17.9 Å². The minimum atomic E-state index is -0.139.